The summed E-state index contributed by atoms with van der Waals surface area (Å²) in [5.41, 5.74) is 0.953. The van der Waals surface area contributed by atoms with Crippen molar-refractivity contribution in [2.24, 2.45) is 0 Å². The molecule has 80 valence electrons. The van der Waals surface area contributed by atoms with E-state index in [1.807, 2.05) is 18.2 Å². The maximum absolute atomic E-state index is 11.3. The summed E-state index contributed by atoms with van der Waals surface area (Å²) in [6.45, 7) is 0. The van der Waals surface area contributed by atoms with Gasteiger partial charge in [0.05, 0.1) is 18.2 Å². The largest absolute Gasteiger partial charge is 0.468 e. The lowest BCUT2D eigenvalue weighted by atomic mass is 10.3. The molecule has 1 saturated heterocycles. The predicted octanol–water partition coefficient (Wildman–Crippen LogP) is 0.958. The van der Waals surface area contributed by atoms with Crippen molar-refractivity contribution in [2.75, 3.05) is 12.9 Å². The third-order valence-corrected chi connectivity index (χ3v) is 3.46. The Morgan fingerprint density at radius 2 is 2.53 bits per heavy atom. The molecule has 0 aromatic carbocycles. The second kappa shape index (κ2) is 4.63. The summed E-state index contributed by atoms with van der Waals surface area (Å²) in [7, 11) is 1.41. The quantitative estimate of drug-likeness (QED) is 0.758. The molecule has 5 heteroatoms. The van der Waals surface area contributed by atoms with Crippen molar-refractivity contribution in [2.45, 2.75) is 11.4 Å². The van der Waals surface area contributed by atoms with Gasteiger partial charge in [0, 0.05) is 11.9 Å². The molecule has 1 fully saturated rings. The Morgan fingerprint density at radius 1 is 1.67 bits per heavy atom. The fourth-order valence-corrected chi connectivity index (χ4v) is 2.64. The molecular formula is C10H12N2O2S. The third-order valence-electron chi connectivity index (χ3n) is 2.22. The van der Waals surface area contributed by atoms with Gasteiger partial charge in [-0.3, -0.25) is 15.1 Å². The van der Waals surface area contributed by atoms with Gasteiger partial charge in [-0.15, -0.1) is 11.8 Å². The van der Waals surface area contributed by atoms with Crippen molar-refractivity contribution >= 4 is 17.7 Å². The Labute approximate surface area is 92.4 Å². The molecule has 0 radical (unpaired) electrons. The number of hydrogen-bond donors (Lipinski definition) is 1. The topological polar surface area (TPSA) is 51.2 Å². The van der Waals surface area contributed by atoms with Gasteiger partial charge in [-0.2, -0.15) is 0 Å². The van der Waals surface area contributed by atoms with Crippen LogP contribution in [0.2, 0.25) is 0 Å². The summed E-state index contributed by atoms with van der Waals surface area (Å²) >= 11 is 1.67. The first kappa shape index (κ1) is 10.4. The molecule has 0 aliphatic carbocycles. The summed E-state index contributed by atoms with van der Waals surface area (Å²) < 4.78 is 4.68. The van der Waals surface area contributed by atoms with Crippen LogP contribution in [-0.2, 0) is 9.53 Å². The molecular weight excluding hydrogens is 212 g/mol. The van der Waals surface area contributed by atoms with Crippen molar-refractivity contribution in [1.29, 1.82) is 0 Å². The van der Waals surface area contributed by atoms with E-state index in [9.17, 15) is 4.79 Å². The van der Waals surface area contributed by atoms with Gasteiger partial charge >= 0.3 is 5.97 Å². The van der Waals surface area contributed by atoms with Crippen molar-refractivity contribution < 1.29 is 9.53 Å². The number of hydrogen-bond acceptors (Lipinski definition) is 5. The Hall–Kier alpha value is -1.07. The highest BCUT2D eigenvalue weighted by atomic mass is 32.2. The molecule has 15 heavy (non-hydrogen) atoms. The fraction of sp³-hybridized carbons (Fsp3) is 0.400. The number of aromatic nitrogens is 1. The lowest BCUT2D eigenvalue weighted by Gasteiger charge is -2.10. The van der Waals surface area contributed by atoms with Crippen LogP contribution in [0.5, 0.6) is 0 Å². The second-order valence-electron chi connectivity index (χ2n) is 3.21. The average Bonchev–Trinajstić information content (AvgIpc) is 2.78. The van der Waals surface area contributed by atoms with Crippen LogP contribution >= 0.6 is 11.8 Å². The highest BCUT2D eigenvalue weighted by Gasteiger charge is 2.31. The molecule has 0 bridgehead atoms. The monoisotopic (exact) mass is 224 g/mol. The van der Waals surface area contributed by atoms with Crippen LogP contribution in [-0.4, -0.2) is 29.9 Å². The van der Waals surface area contributed by atoms with Crippen LogP contribution in [0.1, 0.15) is 11.1 Å². The zero-order valence-corrected chi connectivity index (χ0v) is 9.16. The Morgan fingerprint density at radius 3 is 3.20 bits per heavy atom. The summed E-state index contributed by atoms with van der Waals surface area (Å²) in [6, 6.07) is 5.55. The van der Waals surface area contributed by atoms with E-state index in [4.69, 9.17) is 0 Å². The Kier molecular flexibility index (Phi) is 3.23. The maximum atomic E-state index is 11.3. The first-order valence-electron chi connectivity index (χ1n) is 4.67. The van der Waals surface area contributed by atoms with E-state index in [0.29, 0.717) is 0 Å². The van der Waals surface area contributed by atoms with Gasteiger partial charge in [0.2, 0.25) is 0 Å². The van der Waals surface area contributed by atoms with E-state index in [1.54, 1.807) is 18.0 Å². The standard InChI is InChI=1S/C10H12N2O2S/c1-14-10(13)8-6-15-9(12-8)7-4-2-3-5-11-7/h2-5,8-9,12H,6H2,1H3. The zero-order valence-electron chi connectivity index (χ0n) is 8.34. The number of nitrogens with one attached hydrogen (secondary N) is 1. The van der Waals surface area contributed by atoms with E-state index < -0.39 is 0 Å². The number of pyridine rings is 1. The van der Waals surface area contributed by atoms with Gasteiger partial charge in [-0.05, 0) is 12.1 Å². The Balaban J connectivity index is 2.02. The number of carbonyl (C=O) groups is 1. The van der Waals surface area contributed by atoms with Gasteiger partial charge in [0.15, 0.2) is 0 Å². The molecule has 0 amide bonds. The summed E-state index contributed by atoms with van der Waals surface area (Å²) in [5.74, 6) is 0.523. The van der Waals surface area contributed by atoms with Crippen molar-refractivity contribution in [1.82, 2.24) is 10.3 Å². The molecule has 1 aliphatic rings. The minimum absolute atomic E-state index is 0.0929. The number of nitrogens with zero attached hydrogens (tertiary/aromatic N) is 1. The summed E-state index contributed by atoms with van der Waals surface area (Å²) in [6.07, 6.45) is 1.75. The number of esters is 1. The van der Waals surface area contributed by atoms with Gasteiger partial charge in [-0.1, -0.05) is 6.07 Å². The first-order chi connectivity index (χ1) is 7.31. The molecule has 2 atom stereocenters. The number of rotatable bonds is 2. The van der Waals surface area contributed by atoms with Crippen LogP contribution in [0.4, 0.5) is 0 Å². The number of thioether (sulfide) groups is 1. The molecule has 2 rings (SSSR count). The number of methoxy groups -OCH3 is 1. The molecule has 1 aromatic heterocycles. The smallest absolute Gasteiger partial charge is 0.323 e. The highest BCUT2D eigenvalue weighted by molar-refractivity contribution is 7.99. The van der Waals surface area contributed by atoms with Gasteiger partial charge in [0.25, 0.3) is 0 Å². The molecule has 2 heterocycles. The lowest BCUT2D eigenvalue weighted by molar-refractivity contribution is -0.142. The molecule has 1 aliphatic heterocycles. The normalized spacial score (nSPS) is 25.1. The van der Waals surface area contributed by atoms with Crippen molar-refractivity contribution in [3.05, 3.63) is 30.1 Å². The fourth-order valence-electron chi connectivity index (χ4n) is 1.45. The molecule has 0 spiro atoms. The van der Waals surface area contributed by atoms with Crippen LogP contribution in [0.25, 0.3) is 0 Å². The van der Waals surface area contributed by atoms with Crippen molar-refractivity contribution in [3.8, 4) is 0 Å². The van der Waals surface area contributed by atoms with Gasteiger partial charge < -0.3 is 4.74 Å². The van der Waals surface area contributed by atoms with Crippen LogP contribution in [0, 0.1) is 0 Å². The van der Waals surface area contributed by atoms with E-state index >= 15 is 0 Å². The molecule has 1 aromatic rings. The third kappa shape index (κ3) is 2.30. The first-order valence-corrected chi connectivity index (χ1v) is 5.72. The van der Waals surface area contributed by atoms with E-state index in [1.165, 1.54) is 7.11 Å². The average molecular weight is 224 g/mol. The van der Waals surface area contributed by atoms with E-state index in [-0.39, 0.29) is 17.4 Å². The zero-order chi connectivity index (χ0) is 10.7. The summed E-state index contributed by atoms with van der Waals surface area (Å²) in [5, 5.41) is 3.28. The van der Waals surface area contributed by atoms with E-state index in [2.05, 4.69) is 15.0 Å². The maximum Gasteiger partial charge on any atom is 0.323 e. The molecule has 4 nitrogen and oxygen atoms in total. The van der Waals surface area contributed by atoms with Crippen LogP contribution in [0.3, 0.4) is 0 Å². The van der Waals surface area contributed by atoms with E-state index in [0.717, 1.165) is 11.4 Å². The lowest BCUT2D eigenvalue weighted by Crippen LogP contribution is -2.35. The van der Waals surface area contributed by atoms with Crippen LogP contribution in [0.15, 0.2) is 24.4 Å². The number of ether oxygens (including phenoxy) is 1. The van der Waals surface area contributed by atoms with Crippen molar-refractivity contribution in [3.63, 3.8) is 0 Å². The molecule has 2 unspecified atom stereocenters. The highest BCUT2D eigenvalue weighted by Crippen LogP contribution is 2.31. The minimum atomic E-state index is -0.216. The summed E-state index contributed by atoms with van der Waals surface area (Å²) in [4.78, 5) is 15.5. The Bertz CT molecular complexity index is 345. The second-order valence-corrected chi connectivity index (χ2v) is 4.35. The molecule has 1 N–H and O–H groups in total. The van der Waals surface area contributed by atoms with Crippen LogP contribution < -0.4 is 5.32 Å². The van der Waals surface area contributed by atoms with Gasteiger partial charge in [-0.25, -0.2) is 0 Å². The SMILES string of the molecule is COC(=O)C1CSC(c2ccccn2)N1. The minimum Gasteiger partial charge on any atom is -0.468 e. The van der Waals surface area contributed by atoms with Gasteiger partial charge in [0.1, 0.15) is 6.04 Å². The molecule has 0 saturated carbocycles. The predicted molar refractivity (Wildman–Crippen MR) is 58.4 cm³/mol. The number of carbonyl (C=O) groups excluding carboxylic acids is 1.